The molecule has 16 heteroatoms. The number of anilines is 1. The molecule has 13 nitrogen and oxygen atoms in total. The van der Waals surface area contributed by atoms with Gasteiger partial charge in [0, 0.05) is 98.4 Å². The van der Waals surface area contributed by atoms with Gasteiger partial charge in [-0.3, -0.25) is 15.5 Å². The lowest BCUT2D eigenvalue weighted by Crippen LogP contribution is -2.31. The maximum atomic E-state index is 10.9. The number of nitro groups is 1. The molecule has 8 aromatic rings. The van der Waals surface area contributed by atoms with Gasteiger partial charge in [-0.2, -0.15) is 0 Å². The van der Waals surface area contributed by atoms with Gasteiger partial charge < -0.3 is 41.1 Å². The van der Waals surface area contributed by atoms with Gasteiger partial charge in [-0.25, -0.2) is 4.99 Å². The number of aliphatic imine (C=N–C) groups is 1. The zero-order valence-corrected chi connectivity index (χ0v) is 46.8. The second-order valence-electron chi connectivity index (χ2n) is 20.4. The van der Waals surface area contributed by atoms with E-state index >= 15 is 0 Å². The smallest absolute Gasteiger partial charge is 0.270 e. The van der Waals surface area contributed by atoms with Crippen LogP contribution >= 0.6 is 34.4 Å². The number of nitrogens with one attached hydrogen (secondary N) is 4. The maximum Gasteiger partial charge on any atom is 0.270 e. The summed E-state index contributed by atoms with van der Waals surface area (Å²) in [7, 11) is 12.9. The van der Waals surface area contributed by atoms with Crippen molar-refractivity contribution in [3.8, 4) is 0 Å². The van der Waals surface area contributed by atoms with Gasteiger partial charge in [0.05, 0.1) is 20.4 Å². The first-order valence-electron chi connectivity index (χ1n) is 25.8. The Labute approximate surface area is 453 Å². The molecule has 0 radical (unpaired) electrons. The Balaban J connectivity index is 0.000000139. The number of non-ortho nitro benzene ring substituents is 1. The highest BCUT2D eigenvalue weighted by Gasteiger charge is 2.26. The zero-order chi connectivity index (χ0) is 53.2. The van der Waals surface area contributed by atoms with Gasteiger partial charge in [-0.05, 0) is 201 Å². The summed E-state index contributed by atoms with van der Waals surface area (Å²) in [4.78, 5) is 34.2. The Kier molecular flexibility index (Phi) is 18.7. The second kappa shape index (κ2) is 25.5. The van der Waals surface area contributed by atoms with Crippen LogP contribution in [0.25, 0.3) is 43.9 Å². The van der Waals surface area contributed by atoms with Crippen molar-refractivity contribution in [2.45, 2.75) is 88.3 Å². The fourth-order valence-corrected chi connectivity index (χ4v) is 12.4. The Morgan fingerprint density at radius 3 is 1.73 bits per heavy atom. The summed E-state index contributed by atoms with van der Waals surface area (Å²) in [6, 6.07) is 27.3. The minimum Gasteiger partial charge on any atom is -0.399 e. The monoisotopic (exact) mass is 1060 g/mol. The molecule has 3 aromatic carbocycles. The van der Waals surface area contributed by atoms with Crippen LogP contribution in [0.15, 0.2) is 125 Å². The number of thioether (sulfide) groups is 1. The molecule has 0 bridgehead atoms. The zero-order valence-electron chi connectivity index (χ0n) is 44.4. The number of nitro benzene ring substituents is 1. The number of thiophene rings is 2. The third-order valence-corrected chi connectivity index (χ3v) is 17.6. The van der Waals surface area contributed by atoms with Crippen molar-refractivity contribution >= 4 is 106 Å². The lowest BCUT2D eigenvalue weighted by Gasteiger charge is -2.32. The number of rotatable bonds is 10. The van der Waals surface area contributed by atoms with Gasteiger partial charge in [0.2, 0.25) is 0 Å². The third kappa shape index (κ3) is 13.8. The Morgan fingerprint density at radius 2 is 1.21 bits per heavy atom. The molecule has 11 rings (SSSR count). The van der Waals surface area contributed by atoms with Crippen molar-refractivity contribution in [3.63, 3.8) is 0 Å². The molecule has 75 heavy (non-hydrogen) atoms. The molecule has 1 fully saturated rings. The van der Waals surface area contributed by atoms with Gasteiger partial charge in [-0.1, -0.05) is 24.3 Å². The van der Waals surface area contributed by atoms with Crippen molar-refractivity contribution < 1.29 is 4.92 Å². The van der Waals surface area contributed by atoms with Gasteiger partial charge in [0.15, 0.2) is 0 Å². The molecule has 0 saturated heterocycles. The summed E-state index contributed by atoms with van der Waals surface area (Å²) >= 11 is 4.70. The molecular weight excluding hydrogens is 991 g/mol. The van der Waals surface area contributed by atoms with E-state index in [0.717, 1.165) is 81.3 Å². The summed E-state index contributed by atoms with van der Waals surface area (Å²) in [5.74, 6) is 1.26. The number of nitrogens with zero attached hydrogens (tertiary/aromatic N) is 5. The number of hydrogen-bond acceptors (Lipinski definition) is 11. The molecule has 0 aliphatic heterocycles. The average molecular weight is 1060 g/mol. The van der Waals surface area contributed by atoms with Crippen LogP contribution in [0.5, 0.6) is 0 Å². The number of nitrogens with two attached hydrogens (primary N) is 2. The first-order valence-corrected chi connectivity index (χ1v) is 28.8. The molecule has 0 amide bonds. The molecule has 8 N–H and O–H groups in total. The van der Waals surface area contributed by atoms with Crippen LogP contribution in [0.3, 0.4) is 0 Å². The molecule has 5 heterocycles. The number of aromatic nitrogens is 3. The van der Waals surface area contributed by atoms with Crippen molar-refractivity contribution in [2.24, 2.45) is 10.7 Å². The summed E-state index contributed by atoms with van der Waals surface area (Å²) in [6.45, 7) is 0. The van der Waals surface area contributed by atoms with Crippen LogP contribution in [0.4, 0.5) is 17.1 Å². The van der Waals surface area contributed by atoms with E-state index in [1.54, 1.807) is 40.9 Å². The van der Waals surface area contributed by atoms with Gasteiger partial charge >= 0.3 is 0 Å². The Morgan fingerprint density at radius 1 is 0.680 bits per heavy atom. The van der Waals surface area contributed by atoms with Crippen LogP contribution in [0, 0.1) is 15.5 Å². The summed E-state index contributed by atoms with van der Waals surface area (Å²) < 4.78 is 0. The number of fused-ring (bicyclic) bond motifs is 3. The summed E-state index contributed by atoms with van der Waals surface area (Å²) in [6.07, 6.45) is 24.6. The quantitative estimate of drug-likeness (QED) is 0.0256. The van der Waals surface area contributed by atoms with E-state index < -0.39 is 0 Å². The number of aromatic amines is 3. The number of amidine groups is 1. The van der Waals surface area contributed by atoms with Gasteiger partial charge in [0.25, 0.3) is 5.69 Å². The van der Waals surface area contributed by atoms with E-state index in [2.05, 4.69) is 126 Å². The van der Waals surface area contributed by atoms with Crippen LogP contribution < -0.4 is 11.5 Å². The molecule has 0 spiro atoms. The third-order valence-electron chi connectivity index (χ3n) is 15.0. The topological polar surface area (TPSA) is 188 Å². The number of H-pyrrole nitrogens is 3. The van der Waals surface area contributed by atoms with E-state index in [-0.39, 0.29) is 10.6 Å². The standard InChI is InChI=1S/C21H24N4S.C16H19N3O2.C16H23N3.C6H7NS2/c1-25(2)16-8-5-14(6-9-16)18-13-23-19-10-7-15(12-17(18)19)24-21(22)20-4-3-11-26-20;1-18(2)12-5-3-11(4-6-12)15-10-17-16-8-7-13(19(20)21)9-14(15)16;1-19(2)13-6-3-11(4-7-13)15-10-18-16-8-5-12(17)9-14(15)16;1-8-6(7)5-3-2-4-9-5/h3-5,7,10-13,16,23H,6,8-9H2,1-2H3,(H2,22,24);3,7-10,12,17H,4-6H2,1-2H3;5,8-11,13,18H,3-4,6-7,17H2,1-2H3;2-4,7H,1H3. The normalized spacial score (nSPS) is 19.0. The van der Waals surface area contributed by atoms with E-state index in [1.807, 2.05) is 59.6 Å². The van der Waals surface area contributed by atoms with Crippen molar-refractivity contribution in [3.05, 3.63) is 157 Å². The van der Waals surface area contributed by atoms with Crippen molar-refractivity contribution in [1.29, 1.82) is 5.41 Å². The highest BCUT2D eigenvalue weighted by atomic mass is 32.2. The molecule has 3 aliphatic carbocycles. The first-order chi connectivity index (χ1) is 36.2. The van der Waals surface area contributed by atoms with Gasteiger partial charge in [0.1, 0.15) is 10.9 Å². The van der Waals surface area contributed by atoms with E-state index in [9.17, 15) is 10.1 Å². The van der Waals surface area contributed by atoms with Crippen LogP contribution in [-0.2, 0) is 0 Å². The highest BCUT2D eigenvalue weighted by molar-refractivity contribution is 8.14. The summed E-state index contributed by atoms with van der Waals surface area (Å²) in [5, 5.41) is 26.5. The largest absolute Gasteiger partial charge is 0.399 e. The Hall–Kier alpha value is -6.27. The lowest BCUT2D eigenvalue weighted by molar-refractivity contribution is -0.384. The molecular formula is C59H73N11O2S3. The highest BCUT2D eigenvalue weighted by Crippen LogP contribution is 2.39. The number of hydrogen-bond donors (Lipinski definition) is 6. The SMILES string of the molecule is CN(C)C1CC=C(c2c[nH]c3ccc(N=C(N)c4cccs4)cc23)CC1.CN(C)C1CC=C(c2c[nH]c3ccc([N+](=O)[O-])cc23)CC1.CN(C)C1CCC(c2c[nH]c3ccc(N)cc23)CC1.CSC(=N)c1cccs1. The molecule has 1 saturated carbocycles. The van der Waals surface area contributed by atoms with Gasteiger partial charge in [-0.15, -0.1) is 34.4 Å². The van der Waals surface area contributed by atoms with Crippen molar-refractivity contribution in [2.75, 3.05) is 54.3 Å². The maximum absolute atomic E-state index is 10.9. The molecule has 394 valence electrons. The summed E-state index contributed by atoms with van der Waals surface area (Å²) in [5.41, 5.74) is 23.9. The fourth-order valence-electron chi connectivity index (χ4n) is 10.5. The number of allylic oxidation sites excluding steroid dienone is 2. The molecule has 5 aromatic heterocycles. The minimum absolute atomic E-state index is 0.144. The minimum atomic E-state index is -0.340. The van der Waals surface area contributed by atoms with Crippen molar-refractivity contribution in [1.82, 2.24) is 29.7 Å². The Bertz CT molecular complexity index is 3260. The van der Waals surface area contributed by atoms with Crippen LogP contribution in [0.2, 0.25) is 0 Å². The van der Waals surface area contributed by atoms with E-state index in [0.29, 0.717) is 28.9 Å². The fraction of sp³-hybridized carbons (Fsp3) is 0.356. The molecule has 2 unspecified atom stereocenters. The lowest BCUT2D eigenvalue weighted by atomic mass is 9.81. The molecule has 2 atom stereocenters. The van der Waals surface area contributed by atoms with E-state index in [4.69, 9.17) is 16.9 Å². The first kappa shape index (κ1) is 55.0. The number of nitrogen functional groups attached to an aromatic ring is 1. The second-order valence-corrected chi connectivity index (χ2v) is 23.1. The van der Waals surface area contributed by atoms with E-state index in [1.165, 1.54) is 82.4 Å². The van der Waals surface area contributed by atoms with Crippen LogP contribution in [-0.4, -0.2) is 112 Å². The predicted octanol–water partition coefficient (Wildman–Crippen LogP) is 14.1. The predicted molar refractivity (Wildman–Crippen MR) is 323 cm³/mol. The van der Waals surface area contributed by atoms with Crippen LogP contribution in [0.1, 0.15) is 96.6 Å². The molecule has 3 aliphatic rings. The number of benzene rings is 3. The average Bonchev–Trinajstić information content (AvgIpc) is 4.30.